The Hall–Kier alpha value is -5.02. The lowest BCUT2D eigenvalue weighted by Gasteiger charge is -2.28. The molecule has 1 aliphatic heterocycles. The second kappa shape index (κ2) is 11.8. The lowest BCUT2D eigenvalue weighted by Crippen LogP contribution is -2.29. The van der Waals surface area contributed by atoms with Gasteiger partial charge >= 0.3 is 0 Å². The van der Waals surface area contributed by atoms with Crippen LogP contribution in [0.4, 0.5) is 11.4 Å². The van der Waals surface area contributed by atoms with Gasteiger partial charge in [-0.15, -0.1) is 0 Å². The van der Waals surface area contributed by atoms with Crippen molar-refractivity contribution >= 4 is 34.6 Å². The van der Waals surface area contributed by atoms with Crippen molar-refractivity contribution in [3.8, 4) is 11.4 Å². The largest absolute Gasteiger partial charge is 0.484 e. The highest BCUT2D eigenvalue weighted by atomic mass is 32.1. The summed E-state index contributed by atoms with van der Waals surface area (Å²) in [6, 6.07) is 28.8. The van der Waals surface area contributed by atoms with Crippen LogP contribution in [-0.2, 0) is 4.79 Å². The van der Waals surface area contributed by atoms with Gasteiger partial charge in [0.1, 0.15) is 5.75 Å². The van der Waals surface area contributed by atoms with Crippen LogP contribution in [-0.4, -0.2) is 32.2 Å². The maximum Gasteiger partial charge on any atom is 0.262 e. The maximum atomic E-state index is 12.5. The van der Waals surface area contributed by atoms with E-state index in [0.29, 0.717) is 16.5 Å². The Morgan fingerprint density at radius 1 is 0.952 bits per heavy atom. The molecule has 4 heterocycles. The lowest BCUT2D eigenvalue weighted by atomic mass is 9.96. The van der Waals surface area contributed by atoms with Crippen LogP contribution >= 0.6 is 12.2 Å². The number of para-hydroxylation sites is 1. The van der Waals surface area contributed by atoms with Crippen LogP contribution < -0.4 is 20.3 Å². The van der Waals surface area contributed by atoms with Crippen molar-refractivity contribution in [2.24, 2.45) is 0 Å². The number of aromatic nitrogens is 3. The van der Waals surface area contributed by atoms with E-state index in [4.69, 9.17) is 17.0 Å². The molecule has 0 bridgehead atoms. The van der Waals surface area contributed by atoms with E-state index in [1.165, 1.54) is 0 Å². The van der Waals surface area contributed by atoms with Crippen LogP contribution in [0.3, 0.4) is 0 Å². The molecule has 1 amide bonds. The molecule has 210 valence electrons. The van der Waals surface area contributed by atoms with Gasteiger partial charge in [0.25, 0.3) is 5.91 Å². The van der Waals surface area contributed by atoms with Crippen LogP contribution in [0.15, 0.2) is 110 Å². The molecule has 2 atom stereocenters. The summed E-state index contributed by atoms with van der Waals surface area (Å²) in [5.41, 5.74) is 6.82. The first-order valence-electron chi connectivity index (χ1n) is 13.7. The molecular weight excluding hydrogens is 544 g/mol. The number of ether oxygens (including phenoxy) is 1. The number of thiocarbonyl (C=S) groups is 1. The average molecular weight is 575 g/mol. The Morgan fingerprint density at radius 3 is 2.45 bits per heavy atom. The molecule has 0 aliphatic carbocycles. The zero-order valence-electron chi connectivity index (χ0n) is 23.3. The fraction of sp³-hybridized carbons (Fsp3) is 0.152. The summed E-state index contributed by atoms with van der Waals surface area (Å²) in [5.74, 6) is 0.412. The third-order valence-electron chi connectivity index (χ3n) is 7.33. The minimum atomic E-state index is -0.235. The predicted molar refractivity (Wildman–Crippen MR) is 168 cm³/mol. The molecule has 8 nitrogen and oxygen atoms in total. The highest BCUT2D eigenvalue weighted by Crippen LogP contribution is 2.43. The van der Waals surface area contributed by atoms with Crippen molar-refractivity contribution in [1.82, 2.24) is 19.9 Å². The summed E-state index contributed by atoms with van der Waals surface area (Å²) >= 11 is 5.92. The Labute approximate surface area is 250 Å². The smallest absolute Gasteiger partial charge is 0.262 e. The Kier molecular flexibility index (Phi) is 7.66. The Morgan fingerprint density at radius 2 is 1.74 bits per heavy atom. The van der Waals surface area contributed by atoms with Gasteiger partial charge in [-0.05, 0) is 98.4 Å². The van der Waals surface area contributed by atoms with Gasteiger partial charge in [0, 0.05) is 35.2 Å². The molecule has 2 aromatic carbocycles. The van der Waals surface area contributed by atoms with Crippen molar-refractivity contribution in [3.63, 3.8) is 0 Å². The summed E-state index contributed by atoms with van der Waals surface area (Å²) in [7, 11) is 0. The second-order valence-corrected chi connectivity index (χ2v) is 10.5. The zero-order chi connectivity index (χ0) is 29.1. The monoisotopic (exact) mass is 574 g/mol. The lowest BCUT2D eigenvalue weighted by molar-refractivity contribution is -0.118. The van der Waals surface area contributed by atoms with E-state index in [9.17, 15) is 4.79 Å². The number of carbonyl (C=O) groups excluding carboxylic acids is 1. The molecule has 42 heavy (non-hydrogen) atoms. The molecule has 0 radical (unpaired) electrons. The number of aryl methyl sites for hydroxylation is 1. The quantitative estimate of drug-likeness (QED) is 0.217. The minimum absolute atomic E-state index is 0.0771. The molecule has 1 aliphatic rings. The van der Waals surface area contributed by atoms with E-state index in [-0.39, 0.29) is 24.6 Å². The fourth-order valence-corrected chi connectivity index (χ4v) is 5.83. The standard InChI is InChI=1S/C33H30N6O2S/c1-22-19-28(23(2)38(22)26-9-8-17-34-20-26)32-31(29-12-6-7-18-35-29)37-33(42)39(32)25-15-13-24(14-16-25)36-30(40)21-41-27-10-4-3-5-11-27/h3-20,31-32H,21H2,1-2H3,(H,36,40)(H,37,42)/t31-,32+/m1/s1. The minimum Gasteiger partial charge on any atom is -0.484 e. The summed E-state index contributed by atoms with van der Waals surface area (Å²) in [4.78, 5) is 23.7. The number of pyridine rings is 2. The number of hydrogen-bond donors (Lipinski definition) is 2. The summed E-state index contributed by atoms with van der Waals surface area (Å²) in [6.07, 6.45) is 5.45. The molecule has 0 unspecified atom stereocenters. The first kappa shape index (κ1) is 27.2. The van der Waals surface area contributed by atoms with E-state index in [1.54, 1.807) is 12.4 Å². The molecule has 0 saturated carbocycles. The van der Waals surface area contributed by atoms with E-state index in [1.807, 2.05) is 85.1 Å². The maximum absolute atomic E-state index is 12.5. The predicted octanol–water partition coefficient (Wildman–Crippen LogP) is 6.08. The molecule has 6 rings (SSSR count). The van der Waals surface area contributed by atoms with Crippen LogP contribution in [0.1, 0.15) is 34.7 Å². The van der Waals surface area contributed by atoms with Gasteiger partial charge in [-0.25, -0.2) is 0 Å². The molecule has 2 N–H and O–H groups in total. The van der Waals surface area contributed by atoms with Gasteiger partial charge in [0.05, 0.1) is 29.7 Å². The van der Waals surface area contributed by atoms with Crippen molar-refractivity contribution in [3.05, 3.63) is 132 Å². The van der Waals surface area contributed by atoms with E-state index in [0.717, 1.165) is 34.0 Å². The van der Waals surface area contributed by atoms with E-state index in [2.05, 4.69) is 56.0 Å². The topological polar surface area (TPSA) is 84.3 Å². The first-order chi connectivity index (χ1) is 20.5. The van der Waals surface area contributed by atoms with Gasteiger partial charge in [-0.3, -0.25) is 14.8 Å². The number of amides is 1. The highest BCUT2D eigenvalue weighted by Gasteiger charge is 2.42. The van der Waals surface area contributed by atoms with Crippen molar-refractivity contribution in [1.29, 1.82) is 0 Å². The normalized spacial score (nSPS) is 16.2. The van der Waals surface area contributed by atoms with Gasteiger partial charge in [0.15, 0.2) is 11.7 Å². The Balaban J connectivity index is 1.30. The van der Waals surface area contributed by atoms with E-state index < -0.39 is 0 Å². The molecular formula is C33H30N6O2S. The van der Waals surface area contributed by atoms with E-state index >= 15 is 0 Å². The highest BCUT2D eigenvalue weighted by molar-refractivity contribution is 7.80. The fourth-order valence-electron chi connectivity index (χ4n) is 5.49. The molecule has 5 aromatic rings. The van der Waals surface area contributed by atoms with Gasteiger partial charge in [0.2, 0.25) is 0 Å². The van der Waals surface area contributed by atoms with Crippen molar-refractivity contribution in [2.45, 2.75) is 25.9 Å². The molecule has 1 fully saturated rings. The molecule has 1 saturated heterocycles. The SMILES string of the molecule is Cc1cc([C@H]2[C@@H](c3ccccn3)NC(=S)N2c2ccc(NC(=O)COc3ccccc3)cc2)c(C)n1-c1cccnc1. The number of nitrogens with one attached hydrogen (secondary N) is 2. The van der Waals surface area contributed by atoms with Crippen LogP contribution in [0.2, 0.25) is 0 Å². The summed E-state index contributed by atoms with van der Waals surface area (Å²) in [5, 5.41) is 7.04. The number of anilines is 2. The van der Waals surface area contributed by atoms with Crippen molar-refractivity contribution in [2.75, 3.05) is 16.8 Å². The number of benzene rings is 2. The first-order valence-corrected chi connectivity index (χ1v) is 14.1. The van der Waals surface area contributed by atoms with Gasteiger partial charge in [-0.2, -0.15) is 0 Å². The number of carbonyl (C=O) groups is 1. The number of nitrogens with zero attached hydrogens (tertiary/aromatic N) is 4. The molecule has 3 aromatic heterocycles. The summed E-state index contributed by atoms with van der Waals surface area (Å²) in [6.45, 7) is 4.15. The molecule has 0 spiro atoms. The van der Waals surface area contributed by atoms with Crippen molar-refractivity contribution < 1.29 is 9.53 Å². The Bertz CT molecular complexity index is 1690. The average Bonchev–Trinajstić information content (AvgIpc) is 3.52. The number of hydrogen-bond acceptors (Lipinski definition) is 5. The van der Waals surface area contributed by atoms with Crippen LogP contribution in [0.5, 0.6) is 5.75 Å². The second-order valence-electron chi connectivity index (χ2n) is 10.1. The van der Waals surface area contributed by atoms with Crippen LogP contribution in [0, 0.1) is 13.8 Å². The molecule has 9 heteroatoms. The third kappa shape index (κ3) is 5.46. The number of rotatable bonds is 8. The zero-order valence-corrected chi connectivity index (χ0v) is 24.1. The van der Waals surface area contributed by atoms with Crippen LogP contribution in [0.25, 0.3) is 5.69 Å². The third-order valence-corrected chi connectivity index (χ3v) is 7.65. The van der Waals surface area contributed by atoms with Gasteiger partial charge in [-0.1, -0.05) is 24.3 Å². The van der Waals surface area contributed by atoms with Gasteiger partial charge < -0.3 is 24.8 Å². The summed E-state index contributed by atoms with van der Waals surface area (Å²) < 4.78 is 7.79.